The van der Waals surface area contributed by atoms with Gasteiger partial charge in [-0.1, -0.05) is 0 Å². The molecule has 0 bridgehead atoms. The summed E-state index contributed by atoms with van der Waals surface area (Å²) < 4.78 is 32.6. The van der Waals surface area contributed by atoms with Crippen LogP contribution in [-0.2, 0) is 0 Å². The van der Waals surface area contributed by atoms with Crippen LogP contribution in [0.2, 0.25) is 0 Å². The number of anilines is 1. The van der Waals surface area contributed by atoms with Gasteiger partial charge in [-0.25, -0.2) is 34.1 Å². The van der Waals surface area contributed by atoms with Gasteiger partial charge >= 0.3 is 12.1 Å². The Morgan fingerprint density at radius 3 is 2.49 bits per heavy atom. The highest BCUT2D eigenvalue weighted by molar-refractivity contribution is 7.21. The van der Waals surface area contributed by atoms with Gasteiger partial charge in [-0.05, 0) is 45.4 Å². The number of benzene rings is 2. The average molecular weight is 639 g/mol. The molecular weight excluding hydrogens is 607 g/mol. The number of hydrogen-bond donors (Lipinski definition) is 3. The molecule has 0 aliphatic carbocycles. The van der Waals surface area contributed by atoms with E-state index in [-0.39, 0.29) is 24.1 Å². The Hall–Kier alpha value is -4.73. The molecule has 0 aliphatic rings. The van der Waals surface area contributed by atoms with Crippen LogP contribution in [0.4, 0.5) is 14.9 Å². The van der Waals surface area contributed by atoms with Crippen LogP contribution in [0.25, 0.3) is 31.8 Å². The predicted molar refractivity (Wildman–Crippen MR) is 165 cm³/mol. The third-order valence-electron chi connectivity index (χ3n) is 6.85. The lowest BCUT2D eigenvalue weighted by atomic mass is 10.1. The zero-order valence-electron chi connectivity index (χ0n) is 24.8. The maximum atomic E-state index is 15.3. The monoisotopic (exact) mass is 638 g/mol. The van der Waals surface area contributed by atoms with Gasteiger partial charge in [-0.2, -0.15) is 0 Å². The number of carboxylic acid groups (broad SMARTS) is 1. The van der Waals surface area contributed by atoms with E-state index in [9.17, 15) is 15.0 Å². The average Bonchev–Trinajstić information content (AvgIpc) is 3.42. The number of thiazole rings is 1. The van der Waals surface area contributed by atoms with Gasteiger partial charge in [0.05, 0.1) is 64.8 Å². The normalized spacial score (nSPS) is 13.4. The van der Waals surface area contributed by atoms with Gasteiger partial charge in [0.25, 0.3) is 0 Å². The highest BCUT2D eigenvalue weighted by Gasteiger charge is 2.29. The lowest BCUT2D eigenvalue weighted by Crippen LogP contribution is -2.46. The smallest absolute Gasteiger partial charge is 0.412 e. The Kier molecular flexibility index (Phi) is 9.51. The van der Waals surface area contributed by atoms with Crippen molar-refractivity contribution in [1.29, 1.82) is 0 Å². The summed E-state index contributed by atoms with van der Waals surface area (Å²) in [5.41, 5.74) is 3.57. The van der Waals surface area contributed by atoms with Crippen LogP contribution in [0, 0.1) is 12.7 Å². The van der Waals surface area contributed by atoms with Crippen LogP contribution in [0.1, 0.15) is 26.3 Å². The lowest BCUT2D eigenvalue weighted by Gasteiger charge is -2.30. The highest BCUT2D eigenvalue weighted by atomic mass is 32.1. The van der Waals surface area contributed by atoms with E-state index in [1.54, 1.807) is 26.1 Å². The molecular formula is C30H31FN6O7S. The van der Waals surface area contributed by atoms with E-state index in [0.717, 1.165) is 16.0 Å². The summed E-state index contributed by atoms with van der Waals surface area (Å²) >= 11 is 1.34. The molecule has 15 heteroatoms. The largest absolute Gasteiger partial charge is 0.485 e. The number of halogens is 1. The molecule has 3 heterocycles. The molecule has 13 nitrogen and oxygen atoms in total. The van der Waals surface area contributed by atoms with Crippen molar-refractivity contribution in [1.82, 2.24) is 24.9 Å². The van der Waals surface area contributed by atoms with E-state index >= 15 is 4.39 Å². The minimum atomic E-state index is -1.30. The number of aliphatic hydroxyl groups excluding tert-OH is 2. The maximum Gasteiger partial charge on any atom is 0.412 e. The molecule has 3 unspecified atom stereocenters. The Morgan fingerprint density at radius 2 is 1.80 bits per heavy atom. The van der Waals surface area contributed by atoms with Crippen LogP contribution >= 0.6 is 11.3 Å². The number of ether oxygens (including phenoxy) is 3. The van der Waals surface area contributed by atoms with Crippen molar-refractivity contribution in [2.45, 2.75) is 45.9 Å². The minimum absolute atomic E-state index is 0.0555. The summed E-state index contributed by atoms with van der Waals surface area (Å²) in [5, 5.41) is 28.9. The number of aliphatic hydroxyl groups is 2. The molecule has 0 saturated heterocycles. The molecule has 0 spiro atoms. The number of hydrogen-bond acceptors (Lipinski definition) is 12. The Balaban J connectivity index is 1.38. The topological polar surface area (TPSA) is 173 Å². The molecule has 45 heavy (non-hydrogen) atoms. The molecule has 2 aromatic carbocycles. The predicted octanol–water partition coefficient (Wildman–Crippen LogP) is 4.62. The van der Waals surface area contributed by atoms with Crippen molar-refractivity contribution >= 4 is 44.4 Å². The highest BCUT2D eigenvalue weighted by Crippen LogP contribution is 2.37. The molecule has 1 amide bonds. The number of aromatic nitrogens is 5. The van der Waals surface area contributed by atoms with Crippen molar-refractivity contribution in [3.63, 3.8) is 0 Å². The van der Waals surface area contributed by atoms with Gasteiger partial charge in [0, 0.05) is 17.7 Å². The number of aryl methyl sites for hydroxylation is 1. The second kappa shape index (κ2) is 13.5. The third-order valence-corrected chi connectivity index (χ3v) is 7.90. The molecule has 0 saturated carbocycles. The van der Waals surface area contributed by atoms with Crippen LogP contribution in [-0.4, -0.2) is 84.4 Å². The van der Waals surface area contributed by atoms with Crippen LogP contribution < -0.4 is 19.1 Å². The molecule has 3 N–H and O–H groups in total. The molecule has 5 rings (SSSR count). The van der Waals surface area contributed by atoms with Gasteiger partial charge in [0.2, 0.25) is 5.88 Å². The standard InChI is InChI=1S/C30H31FN6O7S/c1-5-42-26-12-32-27-20(6-15(2)7-23(27)35-26)28-36-22-8-21(31)24(9-25(22)45-28)44-17(4)16(3)37(30(40)41)18-10-33-29(34-11-18)43-14-19(39)13-38/h6-12,16-17,19,38-39H,5,13-14H2,1-4H3,(H,40,41). The molecule has 0 aliphatic heterocycles. The first kappa shape index (κ1) is 31.7. The second-order valence-electron chi connectivity index (χ2n) is 10.2. The van der Waals surface area contributed by atoms with Crippen LogP contribution in [0.15, 0.2) is 42.9 Å². The third kappa shape index (κ3) is 7.00. The number of amides is 1. The number of rotatable bonds is 12. The number of nitrogens with zero attached hydrogens (tertiary/aromatic N) is 6. The Morgan fingerprint density at radius 1 is 1.04 bits per heavy atom. The summed E-state index contributed by atoms with van der Waals surface area (Å²) in [6.07, 6.45) is 0.846. The number of carbonyl (C=O) groups is 1. The Bertz CT molecular complexity index is 1820. The van der Waals surface area contributed by atoms with Gasteiger partial charge in [0.15, 0.2) is 11.6 Å². The summed E-state index contributed by atoms with van der Waals surface area (Å²) in [7, 11) is 0. The fraction of sp³-hybridized carbons (Fsp3) is 0.333. The minimum Gasteiger partial charge on any atom is -0.485 e. The van der Waals surface area contributed by atoms with Crippen molar-refractivity contribution in [2.75, 3.05) is 24.7 Å². The fourth-order valence-corrected chi connectivity index (χ4v) is 5.52. The van der Waals surface area contributed by atoms with Crippen molar-refractivity contribution in [3.8, 4) is 28.2 Å². The van der Waals surface area contributed by atoms with Gasteiger partial charge in [0.1, 0.15) is 23.8 Å². The van der Waals surface area contributed by atoms with E-state index in [1.807, 2.05) is 26.0 Å². The summed E-state index contributed by atoms with van der Waals surface area (Å²) in [6, 6.07) is 5.80. The first-order valence-corrected chi connectivity index (χ1v) is 14.8. The van der Waals surface area contributed by atoms with E-state index < -0.39 is 36.8 Å². The van der Waals surface area contributed by atoms with Gasteiger partial charge in [-0.15, -0.1) is 11.3 Å². The maximum absolute atomic E-state index is 15.3. The van der Waals surface area contributed by atoms with E-state index in [1.165, 1.54) is 29.8 Å². The van der Waals surface area contributed by atoms with Crippen molar-refractivity contribution < 1.29 is 38.7 Å². The van der Waals surface area contributed by atoms with E-state index in [4.69, 9.17) is 19.3 Å². The molecule has 3 atom stereocenters. The van der Waals surface area contributed by atoms with Crippen molar-refractivity contribution in [3.05, 3.63) is 54.2 Å². The van der Waals surface area contributed by atoms with Crippen LogP contribution in [0.5, 0.6) is 17.6 Å². The molecule has 0 radical (unpaired) electrons. The van der Waals surface area contributed by atoms with Crippen molar-refractivity contribution in [2.24, 2.45) is 0 Å². The van der Waals surface area contributed by atoms with E-state index in [0.29, 0.717) is 38.7 Å². The summed E-state index contributed by atoms with van der Waals surface area (Å²) in [5.74, 6) is -0.279. The zero-order chi connectivity index (χ0) is 32.2. The van der Waals surface area contributed by atoms with Crippen LogP contribution in [0.3, 0.4) is 0 Å². The first-order valence-electron chi connectivity index (χ1n) is 14.0. The first-order chi connectivity index (χ1) is 21.6. The molecule has 0 fully saturated rings. The lowest BCUT2D eigenvalue weighted by molar-refractivity contribution is 0.0504. The second-order valence-corrected chi connectivity index (χ2v) is 11.2. The summed E-state index contributed by atoms with van der Waals surface area (Å²) in [6.45, 7) is 6.80. The molecule has 3 aromatic heterocycles. The molecule has 5 aromatic rings. The van der Waals surface area contributed by atoms with E-state index in [2.05, 4.69) is 24.9 Å². The SMILES string of the molecule is CCOc1cnc2c(-c3nc4cc(F)c(OC(C)C(C)N(C(=O)O)c5cnc(OCC(O)CO)nc5)cc4s3)cc(C)cc2n1. The number of fused-ring (bicyclic) bond motifs is 2. The quantitative estimate of drug-likeness (QED) is 0.173. The van der Waals surface area contributed by atoms with Gasteiger partial charge in [-0.3, -0.25) is 4.90 Å². The summed E-state index contributed by atoms with van der Waals surface area (Å²) in [4.78, 5) is 34.9. The molecule has 236 valence electrons. The van der Waals surface area contributed by atoms with Gasteiger partial charge < -0.3 is 29.5 Å². The zero-order valence-corrected chi connectivity index (χ0v) is 25.7. The fourth-order valence-electron chi connectivity index (χ4n) is 4.52. The Labute approximate surface area is 260 Å².